The van der Waals surface area contributed by atoms with E-state index in [1.54, 1.807) is 0 Å². The molecule has 4 nitrogen and oxygen atoms in total. The van der Waals surface area contributed by atoms with Gasteiger partial charge in [-0.3, -0.25) is 0 Å². The Balaban J connectivity index is 1.84. The molecule has 2 rings (SSSR count). The van der Waals surface area contributed by atoms with Crippen molar-refractivity contribution >= 4 is 5.95 Å². The highest BCUT2D eigenvalue weighted by Gasteiger charge is 2.18. The first-order valence-electron chi connectivity index (χ1n) is 7.15. The van der Waals surface area contributed by atoms with E-state index in [4.69, 9.17) is 0 Å². The van der Waals surface area contributed by atoms with Crippen molar-refractivity contribution in [1.82, 2.24) is 14.5 Å². The van der Waals surface area contributed by atoms with E-state index in [1.165, 1.54) is 25.7 Å². The molecule has 0 aliphatic heterocycles. The minimum Gasteiger partial charge on any atom is -0.354 e. The molecular formula is C14H26N4. The summed E-state index contributed by atoms with van der Waals surface area (Å²) in [5, 5.41) is 3.47. The van der Waals surface area contributed by atoms with Gasteiger partial charge in [-0.2, -0.15) is 0 Å². The van der Waals surface area contributed by atoms with E-state index in [9.17, 15) is 0 Å². The Hall–Kier alpha value is -1.03. The lowest BCUT2D eigenvalue weighted by Gasteiger charge is -2.22. The van der Waals surface area contributed by atoms with Crippen molar-refractivity contribution in [3.05, 3.63) is 12.4 Å². The monoisotopic (exact) mass is 250 g/mol. The number of rotatable bonds is 6. The van der Waals surface area contributed by atoms with E-state index in [1.807, 2.05) is 6.20 Å². The Morgan fingerprint density at radius 3 is 2.83 bits per heavy atom. The minimum absolute atomic E-state index is 0.598. The molecule has 0 bridgehead atoms. The first-order valence-corrected chi connectivity index (χ1v) is 7.15. The molecule has 102 valence electrons. The lowest BCUT2D eigenvalue weighted by Crippen LogP contribution is -2.31. The number of likely N-dealkylation sites (N-methyl/N-ethyl adjacent to an activating group) is 1. The van der Waals surface area contributed by atoms with Crippen LogP contribution in [0.25, 0.3) is 0 Å². The Morgan fingerprint density at radius 2 is 2.17 bits per heavy atom. The fourth-order valence-electron chi connectivity index (χ4n) is 2.53. The minimum atomic E-state index is 0.598. The smallest absolute Gasteiger partial charge is 0.203 e. The number of hydrogen-bond acceptors (Lipinski definition) is 3. The molecule has 0 radical (unpaired) electrons. The van der Waals surface area contributed by atoms with E-state index in [-0.39, 0.29) is 0 Å². The molecule has 1 aromatic rings. The van der Waals surface area contributed by atoms with Crippen LogP contribution in [0.4, 0.5) is 5.95 Å². The van der Waals surface area contributed by atoms with Crippen molar-refractivity contribution in [3.8, 4) is 0 Å². The normalized spacial score (nSPS) is 16.9. The van der Waals surface area contributed by atoms with Crippen LogP contribution in [0.15, 0.2) is 12.4 Å². The van der Waals surface area contributed by atoms with Gasteiger partial charge in [0.25, 0.3) is 0 Å². The maximum absolute atomic E-state index is 4.44. The molecule has 1 N–H and O–H groups in total. The van der Waals surface area contributed by atoms with Crippen molar-refractivity contribution < 1.29 is 0 Å². The van der Waals surface area contributed by atoms with Gasteiger partial charge in [0.1, 0.15) is 0 Å². The summed E-state index contributed by atoms with van der Waals surface area (Å²) in [7, 11) is 2.16. The molecule has 1 fully saturated rings. The summed E-state index contributed by atoms with van der Waals surface area (Å²) in [6, 6.07) is 1.26. The molecule has 0 atom stereocenters. The Kier molecular flexibility index (Phi) is 4.64. The second-order valence-corrected chi connectivity index (χ2v) is 5.60. The molecule has 0 unspecified atom stereocenters. The summed E-state index contributed by atoms with van der Waals surface area (Å²) >= 11 is 0. The van der Waals surface area contributed by atoms with E-state index < -0.39 is 0 Å². The standard InChI is InChI=1S/C14H26N4/c1-12(2)17(3)10-8-15-14-16-9-11-18(14)13-6-4-5-7-13/h9,11-13H,4-8,10H2,1-3H3,(H,15,16). The van der Waals surface area contributed by atoms with Crippen molar-refractivity contribution in [3.63, 3.8) is 0 Å². The molecule has 1 heterocycles. The Bertz CT molecular complexity index is 352. The van der Waals surface area contributed by atoms with Crippen LogP contribution < -0.4 is 5.32 Å². The number of aromatic nitrogens is 2. The first kappa shape index (κ1) is 13.4. The number of nitrogens with one attached hydrogen (secondary N) is 1. The van der Waals surface area contributed by atoms with E-state index in [0.717, 1.165) is 19.0 Å². The van der Waals surface area contributed by atoms with Gasteiger partial charge in [-0.15, -0.1) is 0 Å². The molecular weight excluding hydrogens is 224 g/mol. The van der Waals surface area contributed by atoms with Crippen LogP contribution in [-0.2, 0) is 0 Å². The van der Waals surface area contributed by atoms with Crippen LogP contribution in [-0.4, -0.2) is 40.6 Å². The quantitative estimate of drug-likeness (QED) is 0.842. The van der Waals surface area contributed by atoms with Gasteiger partial charge < -0.3 is 14.8 Å². The highest BCUT2D eigenvalue weighted by Crippen LogP contribution is 2.31. The number of hydrogen-bond donors (Lipinski definition) is 1. The topological polar surface area (TPSA) is 33.1 Å². The van der Waals surface area contributed by atoms with Crippen LogP contribution in [0.2, 0.25) is 0 Å². The zero-order valence-electron chi connectivity index (χ0n) is 11.9. The molecule has 1 saturated carbocycles. The zero-order chi connectivity index (χ0) is 13.0. The summed E-state index contributed by atoms with van der Waals surface area (Å²) in [4.78, 5) is 6.78. The van der Waals surface area contributed by atoms with Crippen molar-refractivity contribution in [2.45, 2.75) is 51.6 Å². The second kappa shape index (κ2) is 6.23. The lowest BCUT2D eigenvalue weighted by atomic mass is 10.2. The Labute approximate surface area is 110 Å². The van der Waals surface area contributed by atoms with Gasteiger partial charge in [-0.1, -0.05) is 12.8 Å². The fraction of sp³-hybridized carbons (Fsp3) is 0.786. The van der Waals surface area contributed by atoms with E-state index >= 15 is 0 Å². The molecule has 0 amide bonds. The van der Waals surface area contributed by atoms with Crippen LogP contribution >= 0.6 is 0 Å². The van der Waals surface area contributed by atoms with Gasteiger partial charge in [0.05, 0.1) is 0 Å². The average molecular weight is 250 g/mol. The van der Waals surface area contributed by atoms with Gasteiger partial charge in [0.15, 0.2) is 0 Å². The van der Waals surface area contributed by atoms with Crippen LogP contribution in [0.1, 0.15) is 45.6 Å². The highest BCUT2D eigenvalue weighted by molar-refractivity contribution is 5.26. The molecule has 4 heteroatoms. The van der Waals surface area contributed by atoms with Crippen molar-refractivity contribution in [2.75, 3.05) is 25.5 Å². The average Bonchev–Trinajstić information content (AvgIpc) is 2.98. The third-order valence-electron chi connectivity index (χ3n) is 4.02. The van der Waals surface area contributed by atoms with Gasteiger partial charge in [0, 0.05) is 37.6 Å². The van der Waals surface area contributed by atoms with Crippen LogP contribution in [0.5, 0.6) is 0 Å². The fourth-order valence-corrected chi connectivity index (χ4v) is 2.53. The second-order valence-electron chi connectivity index (χ2n) is 5.60. The molecule has 1 aliphatic carbocycles. The van der Waals surface area contributed by atoms with Gasteiger partial charge in [-0.05, 0) is 33.7 Å². The van der Waals surface area contributed by atoms with E-state index in [2.05, 4.69) is 46.9 Å². The predicted molar refractivity (Wildman–Crippen MR) is 76.0 cm³/mol. The number of nitrogens with zero attached hydrogens (tertiary/aromatic N) is 3. The van der Waals surface area contributed by atoms with Gasteiger partial charge >= 0.3 is 0 Å². The summed E-state index contributed by atoms with van der Waals surface area (Å²) < 4.78 is 2.32. The van der Waals surface area contributed by atoms with Gasteiger partial charge in [0.2, 0.25) is 5.95 Å². The molecule has 0 aromatic carbocycles. The summed E-state index contributed by atoms with van der Waals surface area (Å²) in [5.41, 5.74) is 0. The lowest BCUT2D eigenvalue weighted by molar-refractivity contribution is 0.284. The summed E-state index contributed by atoms with van der Waals surface area (Å²) in [6.07, 6.45) is 9.35. The predicted octanol–water partition coefficient (Wildman–Crippen LogP) is 2.75. The SMILES string of the molecule is CC(C)N(C)CCNc1nccn1C1CCCC1. The summed E-state index contributed by atoms with van der Waals surface area (Å²) in [6.45, 7) is 6.45. The van der Waals surface area contributed by atoms with Crippen LogP contribution in [0.3, 0.4) is 0 Å². The molecule has 0 spiro atoms. The molecule has 18 heavy (non-hydrogen) atoms. The van der Waals surface area contributed by atoms with E-state index in [0.29, 0.717) is 12.1 Å². The zero-order valence-corrected chi connectivity index (χ0v) is 11.9. The number of imidazole rings is 1. The largest absolute Gasteiger partial charge is 0.354 e. The summed E-state index contributed by atoms with van der Waals surface area (Å²) in [5.74, 6) is 1.04. The van der Waals surface area contributed by atoms with Gasteiger partial charge in [-0.25, -0.2) is 4.98 Å². The third-order valence-corrected chi connectivity index (χ3v) is 4.02. The Morgan fingerprint density at radius 1 is 1.44 bits per heavy atom. The highest BCUT2D eigenvalue weighted by atomic mass is 15.2. The van der Waals surface area contributed by atoms with Crippen LogP contribution in [0, 0.1) is 0 Å². The maximum Gasteiger partial charge on any atom is 0.203 e. The number of anilines is 1. The van der Waals surface area contributed by atoms with Crippen molar-refractivity contribution in [1.29, 1.82) is 0 Å². The third kappa shape index (κ3) is 3.25. The van der Waals surface area contributed by atoms with Crippen molar-refractivity contribution in [2.24, 2.45) is 0 Å². The molecule has 1 aliphatic rings. The molecule has 0 saturated heterocycles. The first-order chi connectivity index (χ1) is 8.68. The maximum atomic E-state index is 4.44. The molecule has 1 aromatic heterocycles.